The Balaban J connectivity index is 1.93. The van der Waals surface area contributed by atoms with Gasteiger partial charge in [-0.25, -0.2) is 0 Å². The number of nitrogens with zero attached hydrogens (tertiary/aromatic N) is 2. The van der Waals surface area contributed by atoms with Gasteiger partial charge >= 0.3 is 0 Å². The van der Waals surface area contributed by atoms with Crippen molar-refractivity contribution in [3.8, 4) is 0 Å². The lowest BCUT2D eigenvalue weighted by molar-refractivity contribution is -0.124. The van der Waals surface area contributed by atoms with E-state index in [1.807, 2.05) is 0 Å². The van der Waals surface area contributed by atoms with Crippen molar-refractivity contribution >= 4 is 5.78 Å². The molecular formula is C12H22N2O. The summed E-state index contributed by atoms with van der Waals surface area (Å²) in [5.74, 6) is 1.19. The van der Waals surface area contributed by atoms with E-state index >= 15 is 0 Å². The van der Waals surface area contributed by atoms with Gasteiger partial charge in [-0.3, -0.25) is 9.69 Å². The molecule has 3 heteroatoms. The summed E-state index contributed by atoms with van der Waals surface area (Å²) in [7, 11) is 4.21. The topological polar surface area (TPSA) is 23.6 Å². The van der Waals surface area contributed by atoms with Crippen molar-refractivity contribution in [3.63, 3.8) is 0 Å². The normalized spacial score (nSPS) is 30.1. The largest absolute Gasteiger partial charge is 0.304 e. The Morgan fingerprint density at radius 2 is 2.00 bits per heavy atom. The maximum atomic E-state index is 12.1. The molecule has 0 N–H and O–H groups in total. The molecular weight excluding hydrogens is 188 g/mol. The summed E-state index contributed by atoms with van der Waals surface area (Å²) in [6, 6.07) is 0.151. The molecule has 1 atom stereocenters. The Kier molecular flexibility index (Phi) is 3.42. The van der Waals surface area contributed by atoms with E-state index in [-0.39, 0.29) is 6.04 Å². The number of likely N-dealkylation sites (N-methyl/N-ethyl adjacent to an activating group) is 2. The van der Waals surface area contributed by atoms with Crippen LogP contribution in [0.4, 0.5) is 0 Å². The fourth-order valence-electron chi connectivity index (χ4n) is 2.36. The first kappa shape index (κ1) is 11.1. The van der Waals surface area contributed by atoms with E-state index < -0.39 is 0 Å². The highest BCUT2D eigenvalue weighted by Gasteiger charge is 2.31. The molecule has 1 heterocycles. The predicted molar refractivity (Wildman–Crippen MR) is 60.9 cm³/mol. The number of carbonyl (C=O) groups is 1. The molecule has 1 saturated heterocycles. The lowest BCUT2D eigenvalue weighted by Crippen LogP contribution is -2.43. The zero-order valence-corrected chi connectivity index (χ0v) is 9.91. The molecule has 0 aromatic carbocycles. The number of hydrogen-bond donors (Lipinski definition) is 0. The van der Waals surface area contributed by atoms with Crippen LogP contribution in [0.2, 0.25) is 0 Å². The highest BCUT2D eigenvalue weighted by Crippen LogP contribution is 2.33. The lowest BCUT2D eigenvalue weighted by Gasteiger charge is -2.26. The zero-order chi connectivity index (χ0) is 10.8. The summed E-state index contributed by atoms with van der Waals surface area (Å²) in [5.41, 5.74) is 0. The third-order valence-corrected chi connectivity index (χ3v) is 3.63. The van der Waals surface area contributed by atoms with E-state index in [1.54, 1.807) is 0 Å². The SMILES string of the molecule is CN1CCCN(C)C(C(=O)CC2CC2)C1. The van der Waals surface area contributed by atoms with Crippen LogP contribution in [0.3, 0.4) is 0 Å². The quantitative estimate of drug-likeness (QED) is 0.694. The molecule has 86 valence electrons. The van der Waals surface area contributed by atoms with Crippen molar-refractivity contribution < 1.29 is 4.79 Å². The van der Waals surface area contributed by atoms with Crippen molar-refractivity contribution in [1.82, 2.24) is 9.80 Å². The minimum atomic E-state index is 0.151. The van der Waals surface area contributed by atoms with Gasteiger partial charge < -0.3 is 4.90 Å². The predicted octanol–water partition coefficient (Wildman–Crippen LogP) is 0.991. The highest BCUT2D eigenvalue weighted by molar-refractivity contribution is 5.84. The Morgan fingerprint density at radius 3 is 2.67 bits per heavy atom. The number of rotatable bonds is 3. The summed E-state index contributed by atoms with van der Waals surface area (Å²) in [6.45, 7) is 3.10. The molecule has 0 aromatic heterocycles. The molecule has 3 nitrogen and oxygen atoms in total. The molecule has 0 spiro atoms. The fraction of sp³-hybridized carbons (Fsp3) is 0.917. The third-order valence-electron chi connectivity index (χ3n) is 3.63. The van der Waals surface area contributed by atoms with Gasteiger partial charge in [0.05, 0.1) is 6.04 Å². The molecule has 2 rings (SSSR count). The molecule has 1 saturated carbocycles. The van der Waals surface area contributed by atoms with Crippen LogP contribution < -0.4 is 0 Å². The Bertz CT molecular complexity index is 238. The molecule has 0 bridgehead atoms. The number of ketones is 1. The average Bonchev–Trinajstić information content (AvgIpc) is 2.97. The average molecular weight is 210 g/mol. The Hall–Kier alpha value is -0.410. The van der Waals surface area contributed by atoms with Gasteiger partial charge in [-0.2, -0.15) is 0 Å². The van der Waals surface area contributed by atoms with E-state index in [9.17, 15) is 4.79 Å². The van der Waals surface area contributed by atoms with E-state index in [0.717, 1.165) is 32.0 Å². The minimum Gasteiger partial charge on any atom is -0.304 e. The number of carbonyl (C=O) groups excluding carboxylic acids is 1. The molecule has 0 aromatic rings. The van der Waals surface area contributed by atoms with Crippen LogP contribution >= 0.6 is 0 Å². The van der Waals surface area contributed by atoms with Gasteiger partial charge in [0, 0.05) is 13.0 Å². The zero-order valence-electron chi connectivity index (χ0n) is 9.91. The van der Waals surface area contributed by atoms with Gasteiger partial charge in [-0.15, -0.1) is 0 Å². The van der Waals surface area contributed by atoms with Gasteiger partial charge in [-0.05, 0) is 52.4 Å². The summed E-state index contributed by atoms with van der Waals surface area (Å²) < 4.78 is 0. The van der Waals surface area contributed by atoms with Crippen molar-refractivity contribution in [3.05, 3.63) is 0 Å². The smallest absolute Gasteiger partial charge is 0.151 e. The van der Waals surface area contributed by atoms with Crippen LogP contribution in [0.5, 0.6) is 0 Å². The molecule has 1 aliphatic carbocycles. The van der Waals surface area contributed by atoms with Crippen molar-refractivity contribution in [2.24, 2.45) is 5.92 Å². The number of hydrogen-bond acceptors (Lipinski definition) is 3. The lowest BCUT2D eigenvalue weighted by atomic mass is 10.1. The molecule has 15 heavy (non-hydrogen) atoms. The maximum absolute atomic E-state index is 12.1. The van der Waals surface area contributed by atoms with E-state index in [4.69, 9.17) is 0 Å². The molecule has 1 unspecified atom stereocenters. The van der Waals surface area contributed by atoms with Crippen LogP contribution in [-0.4, -0.2) is 55.4 Å². The monoisotopic (exact) mass is 210 g/mol. The Morgan fingerprint density at radius 1 is 1.27 bits per heavy atom. The van der Waals surface area contributed by atoms with Crippen LogP contribution in [0.15, 0.2) is 0 Å². The molecule has 1 aliphatic heterocycles. The minimum absolute atomic E-state index is 0.151. The fourth-order valence-corrected chi connectivity index (χ4v) is 2.36. The second kappa shape index (κ2) is 4.62. The van der Waals surface area contributed by atoms with Crippen LogP contribution in [-0.2, 0) is 4.79 Å². The third kappa shape index (κ3) is 3.02. The van der Waals surface area contributed by atoms with Crippen LogP contribution in [0.25, 0.3) is 0 Å². The summed E-state index contributed by atoms with van der Waals surface area (Å²) in [5, 5.41) is 0. The molecule has 2 fully saturated rings. The van der Waals surface area contributed by atoms with E-state index in [1.165, 1.54) is 19.3 Å². The first-order valence-corrected chi connectivity index (χ1v) is 6.08. The first-order valence-electron chi connectivity index (χ1n) is 6.08. The number of Topliss-reactive ketones (excluding diaryl/α,β-unsaturated/α-hetero) is 1. The van der Waals surface area contributed by atoms with Crippen LogP contribution in [0, 0.1) is 5.92 Å². The Labute approximate surface area is 92.4 Å². The van der Waals surface area contributed by atoms with Crippen molar-refractivity contribution in [2.45, 2.75) is 31.7 Å². The second-order valence-electron chi connectivity index (χ2n) is 5.23. The van der Waals surface area contributed by atoms with Gasteiger partial charge in [-0.1, -0.05) is 0 Å². The molecule has 0 amide bonds. The van der Waals surface area contributed by atoms with Crippen LogP contribution in [0.1, 0.15) is 25.7 Å². The van der Waals surface area contributed by atoms with Gasteiger partial charge in [0.1, 0.15) is 0 Å². The van der Waals surface area contributed by atoms with Gasteiger partial charge in [0.15, 0.2) is 5.78 Å². The van der Waals surface area contributed by atoms with Gasteiger partial charge in [0.25, 0.3) is 0 Å². The summed E-state index contributed by atoms with van der Waals surface area (Å²) in [6.07, 6.45) is 4.55. The standard InChI is InChI=1S/C12H22N2O/c1-13-6-3-7-14(2)11(9-13)12(15)8-10-4-5-10/h10-11H,3-9H2,1-2H3. The maximum Gasteiger partial charge on any atom is 0.151 e. The second-order valence-corrected chi connectivity index (χ2v) is 5.23. The van der Waals surface area contributed by atoms with E-state index in [2.05, 4.69) is 23.9 Å². The summed E-state index contributed by atoms with van der Waals surface area (Å²) >= 11 is 0. The molecule has 0 radical (unpaired) electrons. The molecule has 2 aliphatic rings. The van der Waals surface area contributed by atoms with Crippen molar-refractivity contribution in [2.75, 3.05) is 33.7 Å². The first-order chi connectivity index (χ1) is 7.16. The highest BCUT2D eigenvalue weighted by atomic mass is 16.1. The van der Waals surface area contributed by atoms with Crippen molar-refractivity contribution in [1.29, 1.82) is 0 Å². The van der Waals surface area contributed by atoms with Gasteiger partial charge in [0.2, 0.25) is 0 Å². The summed E-state index contributed by atoms with van der Waals surface area (Å²) in [4.78, 5) is 16.6. The van der Waals surface area contributed by atoms with E-state index in [0.29, 0.717) is 5.78 Å².